The van der Waals surface area contributed by atoms with Crippen LogP contribution in [0.4, 0.5) is 0 Å². The minimum Gasteiger partial charge on any atom is -0.497 e. The van der Waals surface area contributed by atoms with Gasteiger partial charge in [0.2, 0.25) is 0 Å². The van der Waals surface area contributed by atoms with Gasteiger partial charge in [0.25, 0.3) is 0 Å². The molecule has 0 atom stereocenters. The van der Waals surface area contributed by atoms with Crippen LogP contribution in [0.3, 0.4) is 0 Å². The van der Waals surface area contributed by atoms with Gasteiger partial charge in [-0.3, -0.25) is 14.4 Å². The second kappa shape index (κ2) is 5.97. The van der Waals surface area contributed by atoms with Crippen molar-refractivity contribution >= 4 is 17.3 Å². The lowest BCUT2D eigenvalue weighted by atomic mass is 9.87. The van der Waals surface area contributed by atoms with Crippen LogP contribution in [0.15, 0.2) is 41.0 Å². The molecule has 0 amide bonds. The largest absolute Gasteiger partial charge is 0.497 e. The van der Waals surface area contributed by atoms with Gasteiger partial charge < -0.3 is 9.47 Å². The van der Waals surface area contributed by atoms with Gasteiger partial charge >= 0.3 is 0 Å². The summed E-state index contributed by atoms with van der Waals surface area (Å²) in [5, 5.41) is 0. The van der Waals surface area contributed by atoms with Crippen LogP contribution in [0.1, 0.15) is 24.2 Å². The van der Waals surface area contributed by atoms with Gasteiger partial charge in [-0.15, -0.1) is 0 Å². The number of methoxy groups -OCH3 is 2. The molecule has 0 aromatic heterocycles. The first-order valence-corrected chi connectivity index (χ1v) is 6.65. The third kappa shape index (κ3) is 2.70. The molecule has 1 aliphatic carbocycles. The third-order valence-corrected chi connectivity index (χ3v) is 3.51. The van der Waals surface area contributed by atoms with Crippen LogP contribution in [0.5, 0.6) is 11.5 Å². The van der Waals surface area contributed by atoms with E-state index in [4.69, 9.17) is 9.47 Å². The Morgan fingerprint density at radius 1 is 0.955 bits per heavy atom. The summed E-state index contributed by atoms with van der Waals surface area (Å²) in [4.78, 5) is 36.7. The number of hydrogen-bond donors (Lipinski definition) is 0. The Morgan fingerprint density at radius 2 is 1.50 bits per heavy atom. The van der Waals surface area contributed by atoms with Crippen molar-refractivity contribution in [2.24, 2.45) is 0 Å². The maximum Gasteiger partial charge on any atom is 0.197 e. The summed E-state index contributed by atoms with van der Waals surface area (Å²) in [7, 11) is 2.93. The van der Waals surface area contributed by atoms with E-state index in [1.54, 1.807) is 13.0 Å². The first-order chi connectivity index (χ1) is 10.4. The lowest BCUT2D eigenvalue weighted by Gasteiger charge is -2.14. The minimum atomic E-state index is -0.517. The van der Waals surface area contributed by atoms with Crippen molar-refractivity contribution in [3.05, 3.63) is 46.6 Å². The Bertz CT molecular complexity index is 715. The van der Waals surface area contributed by atoms with E-state index in [-0.39, 0.29) is 22.5 Å². The maximum absolute atomic E-state index is 12.6. The molecule has 2 rings (SSSR count). The number of allylic oxidation sites excluding steroid dienone is 4. The maximum atomic E-state index is 12.6. The number of carbonyl (C=O) groups excluding carboxylic acids is 3. The number of Topliss-reactive ketones (excluding diaryl/α,β-unsaturated/α-hetero) is 2. The first-order valence-electron chi connectivity index (χ1n) is 6.65. The fraction of sp³-hybridized carbons (Fsp3) is 0.235. The van der Waals surface area contributed by atoms with E-state index in [1.165, 1.54) is 39.4 Å². The van der Waals surface area contributed by atoms with Gasteiger partial charge in [0.15, 0.2) is 17.3 Å². The van der Waals surface area contributed by atoms with Gasteiger partial charge in [0, 0.05) is 22.8 Å². The molecular weight excluding hydrogens is 284 g/mol. The quantitative estimate of drug-likeness (QED) is 0.485. The molecule has 0 radical (unpaired) electrons. The molecule has 0 aliphatic heterocycles. The summed E-state index contributed by atoms with van der Waals surface area (Å²) in [5.41, 5.74) is 0.629. The highest BCUT2D eigenvalue weighted by Crippen LogP contribution is 2.27. The predicted molar refractivity (Wildman–Crippen MR) is 80.3 cm³/mol. The van der Waals surface area contributed by atoms with Gasteiger partial charge in [-0.2, -0.15) is 0 Å². The molecule has 0 N–H and O–H groups in total. The molecule has 0 bridgehead atoms. The van der Waals surface area contributed by atoms with E-state index < -0.39 is 11.6 Å². The SMILES string of the molecule is COc1cc(OC)cc(C(=O)C2=C(C)C(=O)C(C)=CC2=O)c1. The molecule has 1 aromatic rings. The number of rotatable bonds is 4. The molecule has 1 aromatic carbocycles. The first kappa shape index (κ1) is 15.7. The number of carbonyl (C=O) groups is 3. The lowest BCUT2D eigenvalue weighted by molar-refractivity contribution is -0.115. The second-order valence-electron chi connectivity index (χ2n) is 4.95. The van der Waals surface area contributed by atoms with E-state index in [2.05, 4.69) is 0 Å². The summed E-state index contributed by atoms with van der Waals surface area (Å²) < 4.78 is 10.2. The van der Waals surface area contributed by atoms with Crippen molar-refractivity contribution in [1.82, 2.24) is 0 Å². The Morgan fingerprint density at radius 3 is 2.00 bits per heavy atom. The molecule has 5 nitrogen and oxygen atoms in total. The van der Waals surface area contributed by atoms with Crippen LogP contribution in [0.25, 0.3) is 0 Å². The highest BCUT2D eigenvalue weighted by Gasteiger charge is 2.29. The Hall–Kier alpha value is -2.69. The van der Waals surface area contributed by atoms with Crippen molar-refractivity contribution in [2.45, 2.75) is 13.8 Å². The van der Waals surface area contributed by atoms with E-state index in [1.807, 2.05) is 0 Å². The fourth-order valence-electron chi connectivity index (χ4n) is 2.29. The van der Waals surface area contributed by atoms with Crippen molar-refractivity contribution in [3.8, 4) is 11.5 Å². The summed E-state index contributed by atoms with van der Waals surface area (Å²) in [5.74, 6) is -0.402. The Kier molecular flexibility index (Phi) is 4.26. The molecule has 114 valence electrons. The van der Waals surface area contributed by atoms with Crippen LogP contribution in [-0.2, 0) is 9.59 Å². The molecule has 5 heteroatoms. The van der Waals surface area contributed by atoms with Gasteiger partial charge in [-0.25, -0.2) is 0 Å². The molecule has 0 saturated heterocycles. The molecular formula is C17H16O5. The molecule has 1 aliphatic rings. The van der Waals surface area contributed by atoms with Crippen LogP contribution in [0.2, 0.25) is 0 Å². The van der Waals surface area contributed by atoms with Gasteiger partial charge in [-0.05, 0) is 32.1 Å². The number of ketones is 3. The van der Waals surface area contributed by atoms with Crippen molar-refractivity contribution in [1.29, 1.82) is 0 Å². The molecule has 0 fully saturated rings. The number of hydrogen-bond acceptors (Lipinski definition) is 5. The van der Waals surface area contributed by atoms with E-state index >= 15 is 0 Å². The second-order valence-corrected chi connectivity index (χ2v) is 4.95. The van der Waals surface area contributed by atoms with Crippen molar-refractivity contribution in [2.75, 3.05) is 14.2 Å². The molecule has 0 spiro atoms. The summed E-state index contributed by atoms with van der Waals surface area (Å²) >= 11 is 0. The smallest absolute Gasteiger partial charge is 0.197 e. The average molecular weight is 300 g/mol. The zero-order chi connectivity index (χ0) is 16.4. The highest BCUT2D eigenvalue weighted by molar-refractivity contribution is 6.36. The average Bonchev–Trinajstić information content (AvgIpc) is 2.51. The van der Waals surface area contributed by atoms with Gasteiger partial charge in [0.05, 0.1) is 19.8 Å². The van der Waals surface area contributed by atoms with Gasteiger partial charge in [0.1, 0.15) is 11.5 Å². The van der Waals surface area contributed by atoms with E-state index in [0.29, 0.717) is 17.1 Å². The summed E-state index contributed by atoms with van der Waals surface area (Å²) in [6.07, 6.45) is 1.19. The third-order valence-electron chi connectivity index (χ3n) is 3.51. The number of ether oxygens (including phenoxy) is 2. The highest BCUT2D eigenvalue weighted by atomic mass is 16.5. The van der Waals surface area contributed by atoms with E-state index in [9.17, 15) is 14.4 Å². The van der Waals surface area contributed by atoms with Crippen molar-refractivity contribution in [3.63, 3.8) is 0 Å². The minimum absolute atomic E-state index is 0.106. The summed E-state index contributed by atoms with van der Waals surface area (Å²) in [6, 6.07) is 4.64. The fourth-order valence-corrected chi connectivity index (χ4v) is 2.29. The monoisotopic (exact) mass is 300 g/mol. The van der Waals surface area contributed by atoms with Gasteiger partial charge in [-0.1, -0.05) is 0 Å². The molecule has 0 unspecified atom stereocenters. The van der Waals surface area contributed by atoms with Crippen molar-refractivity contribution < 1.29 is 23.9 Å². The van der Waals surface area contributed by atoms with E-state index in [0.717, 1.165) is 0 Å². The zero-order valence-electron chi connectivity index (χ0n) is 12.9. The molecule has 0 saturated carbocycles. The molecule has 0 heterocycles. The van der Waals surface area contributed by atoms with Crippen LogP contribution in [0, 0.1) is 0 Å². The lowest BCUT2D eigenvalue weighted by Crippen LogP contribution is -2.22. The topological polar surface area (TPSA) is 69.7 Å². The standard InChI is InChI=1S/C17H16O5/c1-9-5-14(18)15(10(2)16(9)19)17(20)11-6-12(21-3)8-13(7-11)22-4/h5-8H,1-4H3. The predicted octanol–water partition coefficient (Wildman–Crippen LogP) is 2.30. The number of benzene rings is 1. The Balaban J connectivity index is 2.53. The normalized spacial score (nSPS) is 14.8. The van der Waals surface area contributed by atoms with Crippen LogP contribution >= 0.6 is 0 Å². The molecule has 22 heavy (non-hydrogen) atoms. The zero-order valence-corrected chi connectivity index (χ0v) is 12.9. The Labute approximate surface area is 128 Å². The van der Waals surface area contributed by atoms with Crippen LogP contribution < -0.4 is 9.47 Å². The van der Waals surface area contributed by atoms with Crippen LogP contribution in [-0.4, -0.2) is 31.6 Å². The summed E-state index contributed by atoms with van der Waals surface area (Å²) in [6.45, 7) is 3.04.